The molecule has 0 aliphatic heterocycles. The molecule has 2 aromatic carbocycles. The van der Waals surface area contributed by atoms with Gasteiger partial charge >= 0.3 is 0 Å². The zero-order valence-corrected chi connectivity index (χ0v) is 16.2. The first kappa shape index (κ1) is 18.3. The molecule has 2 heteroatoms. The highest BCUT2D eigenvalue weighted by atomic mass is 19.1. The van der Waals surface area contributed by atoms with Crippen molar-refractivity contribution in [2.75, 3.05) is 0 Å². The molecular formula is C24H26FN. The number of hydrogen-bond acceptors (Lipinski definition) is 1. The van der Waals surface area contributed by atoms with Crippen LogP contribution >= 0.6 is 0 Å². The summed E-state index contributed by atoms with van der Waals surface area (Å²) in [6.45, 7) is 11.0. The Morgan fingerprint density at radius 2 is 1.46 bits per heavy atom. The summed E-state index contributed by atoms with van der Waals surface area (Å²) >= 11 is 0. The van der Waals surface area contributed by atoms with E-state index in [4.69, 9.17) is 4.98 Å². The summed E-state index contributed by atoms with van der Waals surface area (Å²) in [5.74, 6) is 0.0829. The predicted molar refractivity (Wildman–Crippen MR) is 108 cm³/mol. The molecule has 0 saturated carbocycles. The van der Waals surface area contributed by atoms with E-state index in [1.807, 2.05) is 30.3 Å². The SMILES string of the molecule is CC(C)c1nc(-c2ccccc2)cc(-c2ccc(F)cc2)c1C(C)(C)C. The summed E-state index contributed by atoms with van der Waals surface area (Å²) in [6.07, 6.45) is 0. The average molecular weight is 347 g/mol. The summed E-state index contributed by atoms with van der Waals surface area (Å²) in [7, 11) is 0. The van der Waals surface area contributed by atoms with Gasteiger partial charge in [0.2, 0.25) is 0 Å². The third-order valence-electron chi connectivity index (χ3n) is 4.57. The van der Waals surface area contributed by atoms with Gasteiger partial charge in [0.15, 0.2) is 0 Å². The Labute approximate surface area is 155 Å². The zero-order chi connectivity index (χ0) is 18.9. The Balaban J connectivity index is 2.34. The van der Waals surface area contributed by atoms with Crippen LogP contribution in [0.15, 0.2) is 60.7 Å². The Kier molecular flexibility index (Phi) is 4.95. The molecule has 1 aromatic heterocycles. The molecule has 0 spiro atoms. The van der Waals surface area contributed by atoms with Crippen LogP contribution in [0.3, 0.4) is 0 Å². The Bertz CT molecular complexity index is 888. The van der Waals surface area contributed by atoms with Gasteiger partial charge in [0, 0.05) is 11.3 Å². The molecule has 0 amide bonds. The van der Waals surface area contributed by atoms with Gasteiger partial charge in [-0.2, -0.15) is 0 Å². The molecule has 0 N–H and O–H groups in total. The van der Waals surface area contributed by atoms with Gasteiger partial charge in [-0.15, -0.1) is 0 Å². The molecule has 3 rings (SSSR count). The van der Waals surface area contributed by atoms with Crippen molar-refractivity contribution in [3.8, 4) is 22.4 Å². The van der Waals surface area contributed by atoms with Crippen LogP contribution in [0, 0.1) is 5.82 Å². The number of hydrogen-bond donors (Lipinski definition) is 0. The molecule has 0 radical (unpaired) electrons. The first-order valence-electron chi connectivity index (χ1n) is 9.14. The second kappa shape index (κ2) is 7.03. The van der Waals surface area contributed by atoms with Crippen molar-refractivity contribution in [2.24, 2.45) is 0 Å². The van der Waals surface area contributed by atoms with Crippen molar-refractivity contribution in [3.05, 3.63) is 77.7 Å². The highest BCUT2D eigenvalue weighted by molar-refractivity contribution is 5.75. The largest absolute Gasteiger partial charge is 0.252 e. The second-order valence-corrected chi connectivity index (χ2v) is 8.09. The van der Waals surface area contributed by atoms with Gasteiger partial charge in [-0.05, 0) is 46.2 Å². The highest BCUT2D eigenvalue weighted by Crippen LogP contribution is 2.39. The molecule has 3 aromatic rings. The minimum Gasteiger partial charge on any atom is -0.252 e. The molecule has 0 aliphatic carbocycles. The van der Waals surface area contributed by atoms with Crippen molar-refractivity contribution in [2.45, 2.75) is 46.0 Å². The van der Waals surface area contributed by atoms with E-state index in [0.717, 1.165) is 28.1 Å². The van der Waals surface area contributed by atoms with E-state index in [-0.39, 0.29) is 11.2 Å². The van der Waals surface area contributed by atoms with Gasteiger partial charge in [-0.25, -0.2) is 4.39 Å². The lowest BCUT2D eigenvalue weighted by Gasteiger charge is -2.28. The van der Waals surface area contributed by atoms with Crippen LogP contribution in [0.4, 0.5) is 4.39 Å². The summed E-state index contributed by atoms with van der Waals surface area (Å²) in [6, 6.07) is 19.2. The lowest BCUT2D eigenvalue weighted by atomic mass is 9.78. The molecule has 0 aliphatic rings. The van der Waals surface area contributed by atoms with Gasteiger partial charge in [0.1, 0.15) is 5.82 Å². The number of benzene rings is 2. The molecule has 0 atom stereocenters. The topological polar surface area (TPSA) is 12.9 Å². The van der Waals surface area contributed by atoms with Gasteiger partial charge < -0.3 is 0 Å². The van der Waals surface area contributed by atoms with Crippen molar-refractivity contribution in [1.29, 1.82) is 0 Å². The highest BCUT2D eigenvalue weighted by Gasteiger charge is 2.26. The van der Waals surface area contributed by atoms with E-state index in [1.165, 1.54) is 17.7 Å². The average Bonchev–Trinajstić information content (AvgIpc) is 2.61. The Morgan fingerprint density at radius 3 is 2.00 bits per heavy atom. The van der Waals surface area contributed by atoms with E-state index < -0.39 is 0 Å². The van der Waals surface area contributed by atoms with E-state index in [9.17, 15) is 4.39 Å². The molecule has 0 unspecified atom stereocenters. The van der Waals surface area contributed by atoms with Crippen LogP contribution in [0.2, 0.25) is 0 Å². The zero-order valence-electron chi connectivity index (χ0n) is 16.2. The van der Waals surface area contributed by atoms with Crippen LogP contribution in [-0.4, -0.2) is 4.98 Å². The number of nitrogens with zero attached hydrogens (tertiary/aromatic N) is 1. The van der Waals surface area contributed by atoms with Crippen molar-refractivity contribution >= 4 is 0 Å². The van der Waals surface area contributed by atoms with Crippen LogP contribution in [0.25, 0.3) is 22.4 Å². The molecular weight excluding hydrogens is 321 g/mol. The minimum atomic E-state index is -0.215. The van der Waals surface area contributed by atoms with Crippen LogP contribution < -0.4 is 0 Å². The molecule has 0 bridgehead atoms. The summed E-state index contributed by atoms with van der Waals surface area (Å²) in [4.78, 5) is 5.04. The predicted octanol–water partition coefficient (Wildman–Crippen LogP) is 6.98. The molecule has 0 fully saturated rings. The standard InChI is InChI=1S/C24H26FN/c1-16(2)23-22(24(3,4)5)20(17-11-13-19(25)14-12-17)15-21(26-23)18-9-7-6-8-10-18/h6-16H,1-5H3. The maximum Gasteiger partial charge on any atom is 0.123 e. The maximum absolute atomic E-state index is 13.5. The van der Waals surface area contributed by atoms with Crippen LogP contribution in [0.1, 0.15) is 51.8 Å². The summed E-state index contributed by atoms with van der Waals surface area (Å²) in [5, 5.41) is 0. The normalized spacial score (nSPS) is 11.8. The first-order valence-corrected chi connectivity index (χ1v) is 9.14. The fourth-order valence-electron chi connectivity index (χ4n) is 3.38. The Morgan fingerprint density at radius 1 is 0.846 bits per heavy atom. The van der Waals surface area contributed by atoms with Crippen molar-refractivity contribution < 1.29 is 4.39 Å². The van der Waals surface area contributed by atoms with E-state index >= 15 is 0 Å². The fourth-order valence-corrected chi connectivity index (χ4v) is 3.38. The number of rotatable bonds is 3. The van der Waals surface area contributed by atoms with Gasteiger partial charge in [0.05, 0.1) is 5.69 Å². The molecule has 0 saturated heterocycles. The monoisotopic (exact) mass is 347 g/mol. The second-order valence-electron chi connectivity index (χ2n) is 8.09. The van der Waals surface area contributed by atoms with Gasteiger partial charge in [-0.1, -0.05) is 77.1 Å². The van der Waals surface area contributed by atoms with E-state index in [1.54, 1.807) is 0 Å². The van der Waals surface area contributed by atoms with Gasteiger partial charge in [-0.3, -0.25) is 4.98 Å². The van der Waals surface area contributed by atoms with Crippen molar-refractivity contribution in [3.63, 3.8) is 0 Å². The maximum atomic E-state index is 13.5. The van der Waals surface area contributed by atoms with Crippen LogP contribution in [-0.2, 0) is 5.41 Å². The quantitative estimate of drug-likeness (QED) is 0.498. The number of halogens is 1. The molecule has 134 valence electrons. The fraction of sp³-hybridized carbons (Fsp3) is 0.292. The van der Waals surface area contributed by atoms with Crippen molar-refractivity contribution in [1.82, 2.24) is 4.98 Å². The summed E-state index contributed by atoms with van der Waals surface area (Å²) < 4.78 is 13.5. The molecule has 1 heterocycles. The lowest BCUT2D eigenvalue weighted by Crippen LogP contribution is -2.18. The first-order chi connectivity index (χ1) is 12.3. The smallest absolute Gasteiger partial charge is 0.123 e. The Hall–Kier alpha value is -2.48. The van der Waals surface area contributed by atoms with E-state index in [2.05, 4.69) is 52.8 Å². The summed E-state index contributed by atoms with van der Waals surface area (Å²) in [5.41, 5.74) is 6.50. The van der Waals surface area contributed by atoms with Gasteiger partial charge in [0.25, 0.3) is 0 Å². The number of aromatic nitrogens is 1. The third kappa shape index (κ3) is 3.70. The lowest BCUT2D eigenvalue weighted by molar-refractivity contribution is 0.572. The third-order valence-corrected chi connectivity index (χ3v) is 4.57. The van der Waals surface area contributed by atoms with E-state index in [0.29, 0.717) is 5.92 Å². The number of pyridine rings is 1. The molecule has 26 heavy (non-hydrogen) atoms. The van der Waals surface area contributed by atoms with Crippen LogP contribution in [0.5, 0.6) is 0 Å². The minimum absolute atomic E-state index is 0.0639. The molecule has 1 nitrogen and oxygen atoms in total.